The van der Waals surface area contributed by atoms with E-state index in [4.69, 9.17) is 0 Å². The van der Waals surface area contributed by atoms with E-state index < -0.39 is 0 Å². The van der Waals surface area contributed by atoms with Crippen LogP contribution in [0.1, 0.15) is 27.9 Å². The molecule has 0 unspecified atom stereocenters. The minimum absolute atomic E-state index is 0.0972. The highest BCUT2D eigenvalue weighted by Crippen LogP contribution is 2.18. The summed E-state index contributed by atoms with van der Waals surface area (Å²) in [5.74, 6) is -0.355. The van der Waals surface area contributed by atoms with Crippen LogP contribution in [0.5, 0.6) is 0 Å². The van der Waals surface area contributed by atoms with Crippen LogP contribution < -0.4 is 10.9 Å². The Kier molecular flexibility index (Phi) is 7.05. The second-order valence-corrected chi connectivity index (χ2v) is 8.06. The quantitative estimate of drug-likeness (QED) is 0.465. The van der Waals surface area contributed by atoms with Crippen LogP contribution in [0, 0.1) is 19.7 Å². The first-order chi connectivity index (χ1) is 14.3. The van der Waals surface area contributed by atoms with Crippen molar-refractivity contribution in [3.63, 3.8) is 0 Å². The van der Waals surface area contributed by atoms with E-state index in [2.05, 4.69) is 10.3 Å². The highest BCUT2D eigenvalue weighted by Gasteiger charge is 2.15. The van der Waals surface area contributed by atoms with Crippen molar-refractivity contribution in [2.45, 2.75) is 32.0 Å². The number of aryl methyl sites for hydroxylation is 2. The van der Waals surface area contributed by atoms with Crippen molar-refractivity contribution in [3.05, 3.63) is 92.6 Å². The van der Waals surface area contributed by atoms with Gasteiger partial charge in [0, 0.05) is 31.3 Å². The van der Waals surface area contributed by atoms with Gasteiger partial charge in [-0.15, -0.1) is 0 Å². The Balaban J connectivity index is 1.65. The molecule has 3 rings (SSSR count). The molecule has 7 heteroatoms. The first-order valence-electron chi connectivity index (χ1n) is 9.60. The third-order valence-corrected chi connectivity index (χ3v) is 5.94. The van der Waals surface area contributed by atoms with Gasteiger partial charge in [-0.05, 0) is 42.7 Å². The zero-order valence-corrected chi connectivity index (χ0v) is 18.1. The highest BCUT2D eigenvalue weighted by molar-refractivity contribution is 7.99. The molecule has 0 bridgehead atoms. The van der Waals surface area contributed by atoms with E-state index in [9.17, 15) is 14.0 Å². The molecular formula is C23H24FN3O2S. The predicted molar refractivity (Wildman–Crippen MR) is 117 cm³/mol. The summed E-state index contributed by atoms with van der Waals surface area (Å²) in [4.78, 5) is 29.6. The summed E-state index contributed by atoms with van der Waals surface area (Å²) in [5.41, 5.74) is 4.29. The van der Waals surface area contributed by atoms with Gasteiger partial charge in [-0.2, -0.15) is 0 Å². The van der Waals surface area contributed by atoms with Gasteiger partial charge in [0.05, 0.1) is 5.75 Å². The van der Waals surface area contributed by atoms with Crippen LogP contribution >= 0.6 is 11.8 Å². The molecule has 0 fully saturated rings. The van der Waals surface area contributed by atoms with E-state index in [1.54, 1.807) is 19.2 Å². The minimum atomic E-state index is -0.311. The summed E-state index contributed by atoms with van der Waals surface area (Å²) in [6.45, 7) is 4.17. The number of carbonyl (C=O) groups is 1. The molecule has 0 aliphatic rings. The van der Waals surface area contributed by atoms with Crippen molar-refractivity contribution in [1.82, 2.24) is 14.9 Å². The van der Waals surface area contributed by atoms with E-state index in [0.29, 0.717) is 29.4 Å². The van der Waals surface area contributed by atoms with Gasteiger partial charge in [-0.25, -0.2) is 9.37 Å². The number of nitrogens with zero attached hydrogens (tertiary/aromatic N) is 2. The molecule has 0 aliphatic carbocycles. The van der Waals surface area contributed by atoms with Gasteiger partial charge in [0.2, 0.25) is 5.91 Å². The van der Waals surface area contributed by atoms with Crippen molar-refractivity contribution >= 4 is 17.7 Å². The summed E-state index contributed by atoms with van der Waals surface area (Å²) in [5, 5.41) is 3.29. The topological polar surface area (TPSA) is 64.0 Å². The van der Waals surface area contributed by atoms with Crippen molar-refractivity contribution in [1.29, 1.82) is 0 Å². The molecule has 0 spiro atoms. The van der Waals surface area contributed by atoms with Gasteiger partial charge in [0.15, 0.2) is 5.16 Å². The number of benzene rings is 2. The lowest BCUT2D eigenvalue weighted by molar-refractivity contribution is -0.118. The maximum atomic E-state index is 12.9. The van der Waals surface area contributed by atoms with E-state index >= 15 is 0 Å². The molecule has 3 aromatic rings. The molecule has 30 heavy (non-hydrogen) atoms. The van der Waals surface area contributed by atoms with Gasteiger partial charge < -0.3 is 5.32 Å². The van der Waals surface area contributed by atoms with Crippen LogP contribution in [0.25, 0.3) is 0 Å². The Labute approximate surface area is 179 Å². The van der Waals surface area contributed by atoms with Gasteiger partial charge in [0.25, 0.3) is 5.56 Å². The Morgan fingerprint density at radius 3 is 2.53 bits per heavy atom. The van der Waals surface area contributed by atoms with Gasteiger partial charge >= 0.3 is 0 Å². The van der Waals surface area contributed by atoms with Crippen molar-refractivity contribution in [2.24, 2.45) is 7.05 Å². The molecule has 0 radical (unpaired) electrons. The first-order valence-corrected chi connectivity index (χ1v) is 10.6. The number of halogens is 1. The van der Waals surface area contributed by atoms with Gasteiger partial charge in [-0.3, -0.25) is 14.2 Å². The van der Waals surface area contributed by atoms with Crippen LogP contribution in [0.2, 0.25) is 0 Å². The molecule has 0 atom stereocenters. The van der Waals surface area contributed by atoms with Crippen molar-refractivity contribution in [3.8, 4) is 0 Å². The van der Waals surface area contributed by atoms with Crippen LogP contribution in [-0.2, 0) is 24.8 Å². The van der Waals surface area contributed by atoms with E-state index in [1.807, 2.05) is 38.1 Å². The van der Waals surface area contributed by atoms with Crippen LogP contribution in [0.3, 0.4) is 0 Å². The van der Waals surface area contributed by atoms with Crippen molar-refractivity contribution < 1.29 is 9.18 Å². The zero-order valence-electron chi connectivity index (χ0n) is 17.2. The lowest BCUT2D eigenvalue weighted by Gasteiger charge is -2.13. The number of thioether (sulfide) groups is 1. The molecule has 5 nitrogen and oxygen atoms in total. The van der Waals surface area contributed by atoms with Crippen LogP contribution in [0.15, 0.2) is 58.5 Å². The number of rotatable bonds is 7. The number of amides is 1. The maximum absolute atomic E-state index is 12.9. The average Bonchev–Trinajstić information content (AvgIpc) is 2.73. The smallest absolute Gasteiger partial charge is 0.257 e. The number of hydrogen-bond donors (Lipinski definition) is 1. The number of nitrogens with one attached hydrogen (secondary N) is 1. The zero-order chi connectivity index (χ0) is 21.7. The van der Waals surface area contributed by atoms with Crippen LogP contribution in [0.4, 0.5) is 4.39 Å². The molecule has 156 valence electrons. The molecular weight excluding hydrogens is 401 g/mol. The number of aromatic nitrogens is 2. The molecule has 1 aromatic heterocycles. The summed E-state index contributed by atoms with van der Waals surface area (Å²) < 4.78 is 14.4. The Morgan fingerprint density at radius 2 is 1.83 bits per heavy atom. The summed E-state index contributed by atoms with van der Waals surface area (Å²) in [6.07, 6.45) is 0.529. The first kappa shape index (κ1) is 21.8. The summed E-state index contributed by atoms with van der Waals surface area (Å²) >= 11 is 1.22. The van der Waals surface area contributed by atoms with Gasteiger partial charge in [-0.1, -0.05) is 48.2 Å². The second-order valence-electron chi connectivity index (χ2n) is 7.12. The molecule has 0 saturated heterocycles. The largest absolute Gasteiger partial charge is 0.351 e. The minimum Gasteiger partial charge on any atom is -0.351 e. The summed E-state index contributed by atoms with van der Waals surface area (Å²) in [7, 11) is 1.68. The highest BCUT2D eigenvalue weighted by atomic mass is 32.2. The lowest BCUT2D eigenvalue weighted by atomic mass is 10.0. The molecule has 0 aliphatic heterocycles. The molecule has 1 heterocycles. The third kappa shape index (κ3) is 5.36. The molecule has 2 aromatic carbocycles. The molecule has 1 N–H and O–H groups in total. The third-order valence-electron chi connectivity index (χ3n) is 4.91. The average molecular weight is 426 g/mol. The second kappa shape index (κ2) is 9.71. The van der Waals surface area contributed by atoms with Crippen molar-refractivity contribution in [2.75, 3.05) is 5.75 Å². The molecule has 1 amide bonds. The Bertz CT molecular complexity index is 1110. The lowest BCUT2D eigenvalue weighted by Crippen LogP contribution is -2.28. The fourth-order valence-corrected chi connectivity index (χ4v) is 3.89. The standard InChI is InChI=1S/C23H24FN3O2S/c1-15-6-4-5-7-18(15)12-20-16(2)26-23(27(3)22(20)29)30-14-21(28)25-13-17-8-10-19(24)11-9-17/h4-11H,12-14H2,1-3H3,(H,25,28). The van der Waals surface area contributed by atoms with E-state index in [-0.39, 0.29) is 23.0 Å². The molecule has 0 saturated carbocycles. The fourth-order valence-electron chi connectivity index (χ4n) is 3.05. The van der Waals surface area contributed by atoms with E-state index in [1.165, 1.54) is 28.5 Å². The maximum Gasteiger partial charge on any atom is 0.257 e. The Morgan fingerprint density at radius 1 is 1.13 bits per heavy atom. The van der Waals surface area contributed by atoms with Gasteiger partial charge in [0.1, 0.15) is 5.82 Å². The SMILES string of the molecule is Cc1ccccc1Cc1c(C)nc(SCC(=O)NCc2ccc(F)cc2)n(C)c1=O. The predicted octanol–water partition coefficient (Wildman–Crippen LogP) is 3.54. The number of hydrogen-bond acceptors (Lipinski definition) is 4. The Hall–Kier alpha value is -2.93. The van der Waals surface area contributed by atoms with Crippen LogP contribution in [-0.4, -0.2) is 21.2 Å². The number of carbonyl (C=O) groups excluding carboxylic acids is 1. The monoisotopic (exact) mass is 425 g/mol. The fraction of sp³-hybridized carbons (Fsp3) is 0.261. The normalized spacial score (nSPS) is 10.8. The van der Waals surface area contributed by atoms with E-state index in [0.717, 1.165) is 16.7 Å². The summed E-state index contributed by atoms with van der Waals surface area (Å²) in [6, 6.07) is 14.0.